The molecule has 20 heavy (non-hydrogen) atoms. The molecule has 0 heterocycles. The fourth-order valence-electron chi connectivity index (χ4n) is 2.31. The van der Waals surface area contributed by atoms with Crippen LogP contribution in [0.4, 0.5) is 0 Å². The first kappa shape index (κ1) is 14.8. The van der Waals surface area contributed by atoms with Crippen molar-refractivity contribution in [2.24, 2.45) is 5.73 Å². The van der Waals surface area contributed by atoms with Crippen molar-refractivity contribution >= 4 is 0 Å². The highest BCUT2D eigenvalue weighted by Gasteiger charge is 2.19. The molecule has 2 aromatic rings. The van der Waals surface area contributed by atoms with Crippen LogP contribution in [0.25, 0.3) is 0 Å². The lowest BCUT2D eigenvalue weighted by molar-refractivity contribution is 0.219. The van der Waals surface area contributed by atoms with Gasteiger partial charge in [0, 0.05) is 12.0 Å². The molecule has 0 fully saturated rings. The second-order valence-corrected chi connectivity index (χ2v) is 5.97. The van der Waals surface area contributed by atoms with Crippen molar-refractivity contribution in [3.05, 3.63) is 70.8 Å². The zero-order chi connectivity index (χ0) is 14.8. The zero-order valence-corrected chi connectivity index (χ0v) is 12.4. The topological polar surface area (TPSA) is 46.2 Å². The third kappa shape index (κ3) is 2.92. The van der Waals surface area contributed by atoms with Gasteiger partial charge in [-0.3, -0.25) is 0 Å². The van der Waals surface area contributed by atoms with Crippen molar-refractivity contribution in [2.75, 3.05) is 6.54 Å². The van der Waals surface area contributed by atoms with E-state index in [4.69, 9.17) is 5.73 Å². The molecule has 0 spiro atoms. The fourth-order valence-corrected chi connectivity index (χ4v) is 2.31. The highest BCUT2D eigenvalue weighted by molar-refractivity contribution is 5.37. The van der Waals surface area contributed by atoms with E-state index in [1.54, 1.807) is 0 Å². The maximum atomic E-state index is 10.5. The van der Waals surface area contributed by atoms with Crippen molar-refractivity contribution in [1.82, 2.24) is 0 Å². The van der Waals surface area contributed by atoms with Gasteiger partial charge in [0.1, 0.15) is 6.10 Å². The summed E-state index contributed by atoms with van der Waals surface area (Å²) >= 11 is 0. The third-order valence-electron chi connectivity index (χ3n) is 4.00. The summed E-state index contributed by atoms with van der Waals surface area (Å²) in [5.41, 5.74) is 9.93. The van der Waals surface area contributed by atoms with E-state index in [9.17, 15) is 5.11 Å². The lowest BCUT2D eigenvalue weighted by atomic mass is 9.84. The van der Waals surface area contributed by atoms with Crippen molar-refractivity contribution in [1.29, 1.82) is 0 Å². The SMILES string of the molecule is Cc1ccccc1C(O)c1ccc(C(C)(C)CN)cc1. The molecule has 0 saturated heterocycles. The molecule has 0 aliphatic rings. The van der Waals surface area contributed by atoms with Crippen LogP contribution in [0.2, 0.25) is 0 Å². The minimum atomic E-state index is -0.578. The lowest BCUT2D eigenvalue weighted by Gasteiger charge is -2.23. The highest BCUT2D eigenvalue weighted by atomic mass is 16.3. The average molecular weight is 269 g/mol. The highest BCUT2D eigenvalue weighted by Crippen LogP contribution is 2.27. The van der Waals surface area contributed by atoms with Gasteiger partial charge in [-0.1, -0.05) is 62.4 Å². The Morgan fingerprint density at radius 2 is 1.65 bits per heavy atom. The van der Waals surface area contributed by atoms with Gasteiger partial charge in [-0.05, 0) is 29.2 Å². The number of benzene rings is 2. The summed E-state index contributed by atoms with van der Waals surface area (Å²) in [5.74, 6) is 0. The van der Waals surface area contributed by atoms with Crippen LogP contribution in [0, 0.1) is 6.92 Å². The molecule has 0 aliphatic carbocycles. The molecular weight excluding hydrogens is 246 g/mol. The number of aryl methyl sites for hydroxylation is 1. The van der Waals surface area contributed by atoms with E-state index in [1.807, 2.05) is 43.3 Å². The van der Waals surface area contributed by atoms with Gasteiger partial charge >= 0.3 is 0 Å². The Bertz CT molecular complexity index is 572. The number of hydrogen-bond acceptors (Lipinski definition) is 2. The quantitative estimate of drug-likeness (QED) is 0.894. The first-order valence-corrected chi connectivity index (χ1v) is 7.00. The van der Waals surface area contributed by atoms with Gasteiger partial charge in [-0.25, -0.2) is 0 Å². The van der Waals surface area contributed by atoms with Crippen LogP contribution in [0.1, 0.15) is 42.2 Å². The Balaban J connectivity index is 2.29. The summed E-state index contributed by atoms with van der Waals surface area (Å²) in [4.78, 5) is 0. The van der Waals surface area contributed by atoms with E-state index < -0.39 is 6.10 Å². The molecule has 0 saturated carbocycles. The first-order chi connectivity index (χ1) is 9.45. The van der Waals surface area contributed by atoms with Crippen molar-refractivity contribution < 1.29 is 5.11 Å². The molecule has 3 N–H and O–H groups in total. The minimum absolute atomic E-state index is 0.0356. The van der Waals surface area contributed by atoms with E-state index in [-0.39, 0.29) is 5.41 Å². The van der Waals surface area contributed by atoms with Crippen LogP contribution in [0.3, 0.4) is 0 Å². The normalized spacial score (nSPS) is 13.2. The minimum Gasteiger partial charge on any atom is -0.384 e. The zero-order valence-electron chi connectivity index (χ0n) is 12.4. The first-order valence-electron chi connectivity index (χ1n) is 7.00. The number of nitrogens with two attached hydrogens (primary N) is 1. The van der Waals surface area contributed by atoms with Crippen LogP contribution in [0.15, 0.2) is 48.5 Å². The van der Waals surface area contributed by atoms with Gasteiger partial charge in [0.05, 0.1) is 0 Å². The summed E-state index contributed by atoms with van der Waals surface area (Å²) in [6, 6.07) is 16.0. The molecule has 2 nitrogen and oxygen atoms in total. The molecule has 2 heteroatoms. The lowest BCUT2D eigenvalue weighted by Crippen LogP contribution is -2.28. The van der Waals surface area contributed by atoms with Crippen molar-refractivity contribution in [3.63, 3.8) is 0 Å². The Morgan fingerprint density at radius 3 is 2.20 bits per heavy atom. The van der Waals surface area contributed by atoms with E-state index in [0.717, 1.165) is 16.7 Å². The number of aliphatic hydroxyl groups is 1. The molecule has 0 radical (unpaired) electrons. The van der Waals surface area contributed by atoms with Crippen LogP contribution in [-0.2, 0) is 5.41 Å². The van der Waals surface area contributed by atoms with Crippen LogP contribution in [-0.4, -0.2) is 11.7 Å². The molecule has 1 atom stereocenters. The Hall–Kier alpha value is -1.64. The van der Waals surface area contributed by atoms with Gasteiger partial charge in [-0.2, -0.15) is 0 Å². The maximum Gasteiger partial charge on any atom is 0.104 e. The molecule has 2 aromatic carbocycles. The van der Waals surface area contributed by atoms with Crippen molar-refractivity contribution in [3.8, 4) is 0 Å². The van der Waals surface area contributed by atoms with E-state index >= 15 is 0 Å². The van der Waals surface area contributed by atoms with Gasteiger partial charge < -0.3 is 10.8 Å². The smallest absolute Gasteiger partial charge is 0.104 e. The maximum absolute atomic E-state index is 10.5. The molecular formula is C18H23NO. The van der Waals surface area contributed by atoms with Crippen LogP contribution in [0.5, 0.6) is 0 Å². The van der Waals surface area contributed by atoms with Gasteiger partial charge in [0.25, 0.3) is 0 Å². The summed E-state index contributed by atoms with van der Waals surface area (Å²) < 4.78 is 0. The standard InChI is InChI=1S/C18H23NO/c1-13-6-4-5-7-16(13)17(20)14-8-10-15(11-9-14)18(2,3)12-19/h4-11,17,20H,12,19H2,1-3H3. The Kier molecular flexibility index (Phi) is 4.26. The molecule has 106 valence electrons. The summed E-state index contributed by atoms with van der Waals surface area (Å²) in [5, 5.41) is 10.5. The third-order valence-corrected chi connectivity index (χ3v) is 4.00. The molecule has 0 aromatic heterocycles. The number of rotatable bonds is 4. The molecule has 0 bridgehead atoms. The fraction of sp³-hybridized carbons (Fsp3) is 0.333. The summed E-state index contributed by atoms with van der Waals surface area (Å²) in [7, 11) is 0. The van der Waals surface area contributed by atoms with Crippen molar-refractivity contribution in [2.45, 2.75) is 32.3 Å². The second kappa shape index (κ2) is 5.78. The Labute approximate surface area is 121 Å². The molecule has 1 unspecified atom stereocenters. The monoisotopic (exact) mass is 269 g/mol. The second-order valence-electron chi connectivity index (χ2n) is 5.97. The van der Waals surface area contributed by atoms with Gasteiger partial charge in [-0.15, -0.1) is 0 Å². The number of aliphatic hydroxyl groups excluding tert-OH is 1. The van der Waals surface area contributed by atoms with Gasteiger partial charge in [0.2, 0.25) is 0 Å². The predicted octanol–water partition coefficient (Wildman–Crippen LogP) is 3.31. The molecule has 2 rings (SSSR count). The predicted molar refractivity (Wildman–Crippen MR) is 83.8 cm³/mol. The molecule has 0 aliphatic heterocycles. The summed E-state index contributed by atoms with van der Waals surface area (Å²) in [6.07, 6.45) is -0.578. The summed E-state index contributed by atoms with van der Waals surface area (Å²) in [6.45, 7) is 6.87. The number of hydrogen-bond donors (Lipinski definition) is 2. The van der Waals surface area contributed by atoms with Crippen LogP contribution >= 0.6 is 0 Å². The van der Waals surface area contributed by atoms with E-state index in [1.165, 1.54) is 5.56 Å². The Morgan fingerprint density at radius 1 is 1.05 bits per heavy atom. The van der Waals surface area contributed by atoms with Crippen LogP contribution < -0.4 is 5.73 Å². The largest absolute Gasteiger partial charge is 0.384 e. The van der Waals surface area contributed by atoms with Gasteiger partial charge in [0.15, 0.2) is 0 Å². The average Bonchev–Trinajstić information content (AvgIpc) is 2.47. The molecule has 0 amide bonds. The van der Waals surface area contributed by atoms with E-state index in [2.05, 4.69) is 26.0 Å². The van der Waals surface area contributed by atoms with E-state index in [0.29, 0.717) is 6.54 Å².